The van der Waals surface area contributed by atoms with E-state index in [1.807, 2.05) is 30.3 Å². The van der Waals surface area contributed by atoms with Crippen molar-refractivity contribution in [1.29, 1.82) is 0 Å². The van der Waals surface area contributed by atoms with E-state index in [2.05, 4.69) is 5.32 Å². The van der Waals surface area contributed by atoms with Gasteiger partial charge < -0.3 is 15.0 Å². The molecule has 3 rings (SSSR count). The number of methoxy groups -OCH3 is 1. The number of nitrogens with zero attached hydrogens (tertiary/aromatic N) is 1. The van der Waals surface area contributed by atoms with E-state index in [9.17, 15) is 9.59 Å². The summed E-state index contributed by atoms with van der Waals surface area (Å²) in [4.78, 5) is 26.3. The van der Waals surface area contributed by atoms with Crippen molar-refractivity contribution in [2.45, 2.75) is 13.0 Å². The lowest BCUT2D eigenvalue weighted by atomic mass is 10.1. The highest BCUT2D eigenvalue weighted by atomic mass is 35.5. The van der Waals surface area contributed by atoms with Crippen molar-refractivity contribution in [1.82, 2.24) is 5.32 Å². The van der Waals surface area contributed by atoms with Gasteiger partial charge in [0, 0.05) is 30.2 Å². The Kier molecular flexibility index (Phi) is 5.24. The maximum Gasteiger partial charge on any atom is 0.227 e. The largest absolute Gasteiger partial charge is 0.497 e. The third-order valence-corrected chi connectivity index (χ3v) is 4.66. The Morgan fingerprint density at radius 1 is 1.24 bits per heavy atom. The van der Waals surface area contributed by atoms with E-state index in [0.29, 0.717) is 18.1 Å². The standard InChI is InChI=1S/C19H19ClN2O3/c1-25-16-8-6-15(7-9-16)22-12-14(10-18(22)23)19(24)21-11-13-4-2-3-5-17(13)20/h2-9,14H,10-12H2,1H3,(H,21,24). The Balaban J connectivity index is 1.61. The molecule has 2 amide bonds. The average molecular weight is 359 g/mol. The second-order valence-corrected chi connectivity index (χ2v) is 6.32. The average Bonchev–Trinajstić information content (AvgIpc) is 3.03. The molecular formula is C19H19ClN2O3. The van der Waals surface area contributed by atoms with Crippen LogP contribution in [-0.4, -0.2) is 25.5 Å². The van der Waals surface area contributed by atoms with Gasteiger partial charge in [-0.25, -0.2) is 0 Å². The van der Waals surface area contributed by atoms with Gasteiger partial charge in [-0.2, -0.15) is 0 Å². The molecule has 1 fully saturated rings. The van der Waals surface area contributed by atoms with Crippen LogP contribution in [0.4, 0.5) is 5.69 Å². The first-order valence-corrected chi connectivity index (χ1v) is 8.42. The molecule has 0 radical (unpaired) electrons. The van der Waals surface area contributed by atoms with Gasteiger partial charge in [0.25, 0.3) is 0 Å². The fourth-order valence-electron chi connectivity index (χ4n) is 2.86. The molecule has 130 valence electrons. The van der Waals surface area contributed by atoms with E-state index in [1.165, 1.54) is 0 Å². The zero-order chi connectivity index (χ0) is 17.8. The zero-order valence-electron chi connectivity index (χ0n) is 13.9. The molecule has 1 saturated heterocycles. The number of hydrogen-bond donors (Lipinski definition) is 1. The van der Waals surface area contributed by atoms with Crippen molar-refractivity contribution in [2.75, 3.05) is 18.6 Å². The van der Waals surface area contributed by atoms with E-state index in [4.69, 9.17) is 16.3 Å². The Morgan fingerprint density at radius 3 is 2.64 bits per heavy atom. The minimum absolute atomic E-state index is 0.0527. The summed E-state index contributed by atoms with van der Waals surface area (Å²) in [6, 6.07) is 14.6. The van der Waals surface area contributed by atoms with Gasteiger partial charge >= 0.3 is 0 Å². The first kappa shape index (κ1) is 17.3. The van der Waals surface area contributed by atoms with Crippen molar-refractivity contribution in [3.63, 3.8) is 0 Å². The number of nitrogens with one attached hydrogen (secondary N) is 1. The molecule has 1 unspecified atom stereocenters. The Hall–Kier alpha value is -2.53. The lowest BCUT2D eigenvalue weighted by Crippen LogP contribution is -2.32. The number of rotatable bonds is 5. The van der Waals surface area contributed by atoms with Crippen LogP contribution in [-0.2, 0) is 16.1 Å². The summed E-state index contributed by atoms with van der Waals surface area (Å²) in [7, 11) is 1.59. The fraction of sp³-hybridized carbons (Fsp3) is 0.263. The normalized spacial score (nSPS) is 16.8. The number of amides is 2. The van der Waals surface area contributed by atoms with Crippen LogP contribution >= 0.6 is 11.6 Å². The van der Waals surface area contributed by atoms with E-state index in [-0.39, 0.29) is 24.2 Å². The summed E-state index contributed by atoms with van der Waals surface area (Å²) < 4.78 is 5.12. The number of carbonyl (C=O) groups excluding carboxylic acids is 2. The summed E-state index contributed by atoms with van der Waals surface area (Å²) >= 11 is 6.09. The minimum Gasteiger partial charge on any atom is -0.497 e. The van der Waals surface area contributed by atoms with E-state index < -0.39 is 0 Å². The Bertz CT molecular complexity index is 776. The minimum atomic E-state index is -0.364. The predicted molar refractivity (Wildman–Crippen MR) is 96.8 cm³/mol. The zero-order valence-corrected chi connectivity index (χ0v) is 14.6. The summed E-state index contributed by atoms with van der Waals surface area (Å²) in [6.07, 6.45) is 0.209. The molecule has 1 N–H and O–H groups in total. The molecule has 0 aliphatic carbocycles. The van der Waals surface area contributed by atoms with Crippen molar-refractivity contribution < 1.29 is 14.3 Å². The van der Waals surface area contributed by atoms with E-state index in [0.717, 1.165) is 17.0 Å². The molecule has 1 heterocycles. The maximum atomic E-state index is 12.4. The number of anilines is 1. The number of hydrogen-bond acceptors (Lipinski definition) is 3. The smallest absolute Gasteiger partial charge is 0.227 e. The highest BCUT2D eigenvalue weighted by molar-refractivity contribution is 6.31. The number of carbonyl (C=O) groups is 2. The lowest BCUT2D eigenvalue weighted by Gasteiger charge is -2.17. The molecule has 0 spiro atoms. The first-order valence-electron chi connectivity index (χ1n) is 8.04. The molecule has 1 aliphatic rings. The SMILES string of the molecule is COc1ccc(N2CC(C(=O)NCc3ccccc3Cl)CC2=O)cc1. The lowest BCUT2D eigenvalue weighted by molar-refractivity contribution is -0.126. The highest BCUT2D eigenvalue weighted by Crippen LogP contribution is 2.27. The summed E-state index contributed by atoms with van der Waals surface area (Å²) in [5.74, 6) is 0.175. The topological polar surface area (TPSA) is 58.6 Å². The van der Waals surface area contributed by atoms with Gasteiger partial charge in [-0.3, -0.25) is 9.59 Å². The van der Waals surface area contributed by atoms with Gasteiger partial charge in [0.2, 0.25) is 11.8 Å². The van der Waals surface area contributed by atoms with Crippen LogP contribution in [0.2, 0.25) is 5.02 Å². The van der Waals surface area contributed by atoms with Crippen molar-refractivity contribution in [3.05, 3.63) is 59.1 Å². The van der Waals surface area contributed by atoms with E-state index in [1.54, 1.807) is 30.2 Å². The fourth-order valence-corrected chi connectivity index (χ4v) is 3.07. The molecule has 0 aromatic heterocycles. The van der Waals surface area contributed by atoms with Crippen molar-refractivity contribution >= 4 is 29.1 Å². The van der Waals surface area contributed by atoms with Crippen molar-refractivity contribution in [3.8, 4) is 5.75 Å². The number of benzene rings is 2. The molecule has 1 aliphatic heterocycles. The van der Waals surface area contributed by atoms with Crippen LogP contribution in [0.5, 0.6) is 5.75 Å². The quantitative estimate of drug-likeness (QED) is 0.893. The van der Waals surface area contributed by atoms with Crippen LogP contribution in [0.15, 0.2) is 48.5 Å². The predicted octanol–water partition coefficient (Wildman–Crippen LogP) is 3.02. The van der Waals surface area contributed by atoms with Gasteiger partial charge in [0.05, 0.1) is 13.0 Å². The van der Waals surface area contributed by atoms with Gasteiger partial charge in [-0.1, -0.05) is 29.8 Å². The van der Waals surface area contributed by atoms with Crippen LogP contribution in [0, 0.1) is 5.92 Å². The second-order valence-electron chi connectivity index (χ2n) is 5.91. The molecule has 2 aromatic carbocycles. The van der Waals surface area contributed by atoms with Gasteiger partial charge in [0.1, 0.15) is 5.75 Å². The Labute approximate surface area is 151 Å². The van der Waals surface area contributed by atoms with Crippen LogP contribution in [0.3, 0.4) is 0 Å². The molecule has 25 heavy (non-hydrogen) atoms. The summed E-state index contributed by atoms with van der Waals surface area (Å²) in [5.41, 5.74) is 1.63. The van der Waals surface area contributed by atoms with Crippen LogP contribution in [0.1, 0.15) is 12.0 Å². The summed E-state index contributed by atoms with van der Waals surface area (Å²) in [5, 5.41) is 3.49. The molecule has 0 bridgehead atoms. The van der Waals surface area contributed by atoms with Crippen LogP contribution in [0.25, 0.3) is 0 Å². The van der Waals surface area contributed by atoms with Gasteiger partial charge in [-0.05, 0) is 35.9 Å². The molecule has 2 aromatic rings. The maximum absolute atomic E-state index is 12.4. The second kappa shape index (κ2) is 7.57. The highest BCUT2D eigenvalue weighted by Gasteiger charge is 2.35. The number of halogens is 1. The monoisotopic (exact) mass is 358 g/mol. The Morgan fingerprint density at radius 2 is 1.96 bits per heavy atom. The molecule has 5 nitrogen and oxygen atoms in total. The summed E-state index contributed by atoms with van der Waals surface area (Å²) in [6.45, 7) is 0.727. The van der Waals surface area contributed by atoms with Crippen molar-refractivity contribution in [2.24, 2.45) is 5.92 Å². The third kappa shape index (κ3) is 3.94. The number of ether oxygens (including phenoxy) is 1. The molecule has 0 saturated carbocycles. The van der Waals surface area contributed by atoms with Crippen LogP contribution < -0.4 is 15.0 Å². The molecule has 6 heteroatoms. The molecule has 1 atom stereocenters. The first-order chi connectivity index (χ1) is 12.1. The van der Waals surface area contributed by atoms with E-state index >= 15 is 0 Å². The van der Waals surface area contributed by atoms with Gasteiger partial charge in [0.15, 0.2) is 0 Å². The molecular weight excluding hydrogens is 340 g/mol. The van der Waals surface area contributed by atoms with Gasteiger partial charge in [-0.15, -0.1) is 0 Å². The third-order valence-electron chi connectivity index (χ3n) is 4.29.